The Kier molecular flexibility index (Phi) is 5.02. The van der Waals surface area contributed by atoms with Gasteiger partial charge in [-0.05, 0) is 25.8 Å². The first kappa shape index (κ1) is 17.1. The number of nitrogens with zero attached hydrogens (tertiary/aromatic N) is 4. The molecule has 24 heavy (non-hydrogen) atoms. The van der Waals surface area contributed by atoms with E-state index in [1.807, 2.05) is 20.2 Å². The summed E-state index contributed by atoms with van der Waals surface area (Å²) >= 11 is 0. The van der Waals surface area contributed by atoms with E-state index in [-0.39, 0.29) is 17.0 Å². The van der Waals surface area contributed by atoms with E-state index in [0.717, 1.165) is 18.4 Å². The van der Waals surface area contributed by atoms with Gasteiger partial charge in [0.05, 0.1) is 18.5 Å². The average Bonchev–Trinajstić information content (AvgIpc) is 3.22. The van der Waals surface area contributed by atoms with Gasteiger partial charge in [0.1, 0.15) is 0 Å². The number of rotatable bonds is 6. The smallest absolute Gasteiger partial charge is 0.257 e. The van der Waals surface area contributed by atoms with E-state index >= 15 is 0 Å². The minimum Gasteiger partial charge on any atom is -0.373 e. The summed E-state index contributed by atoms with van der Waals surface area (Å²) in [6, 6.07) is 1.52. The largest absolute Gasteiger partial charge is 0.373 e. The minimum absolute atomic E-state index is 0.0794. The summed E-state index contributed by atoms with van der Waals surface area (Å²) in [7, 11) is -1.73. The number of aryl methyl sites for hydroxylation is 2. The molecule has 0 unspecified atom stereocenters. The first-order valence-corrected chi connectivity index (χ1v) is 9.61. The highest BCUT2D eigenvalue weighted by Gasteiger charge is 2.30. The predicted octanol–water partition coefficient (Wildman–Crippen LogP) is 1.08. The Hall–Kier alpha value is -1.71. The van der Waals surface area contributed by atoms with E-state index in [1.165, 1.54) is 16.9 Å². The van der Waals surface area contributed by atoms with Crippen molar-refractivity contribution in [2.24, 2.45) is 13.0 Å². The molecule has 0 saturated carbocycles. The van der Waals surface area contributed by atoms with Crippen molar-refractivity contribution in [3.8, 4) is 0 Å². The molecule has 3 heterocycles. The first-order chi connectivity index (χ1) is 11.5. The maximum absolute atomic E-state index is 12.5. The third-order valence-electron chi connectivity index (χ3n) is 4.29. The van der Waals surface area contributed by atoms with E-state index in [0.29, 0.717) is 19.7 Å². The Morgan fingerprint density at radius 1 is 1.42 bits per heavy atom. The van der Waals surface area contributed by atoms with Gasteiger partial charge in [0.2, 0.25) is 0 Å². The molecule has 1 aliphatic rings. The molecule has 1 saturated heterocycles. The van der Waals surface area contributed by atoms with Gasteiger partial charge in [0.15, 0.2) is 5.03 Å². The van der Waals surface area contributed by atoms with Crippen molar-refractivity contribution < 1.29 is 13.2 Å². The van der Waals surface area contributed by atoms with Gasteiger partial charge in [-0.15, -0.1) is 0 Å². The van der Waals surface area contributed by atoms with Crippen LogP contribution < -0.4 is 4.72 Å². The molecule has 0 radical (unpaired) electrons. The zero-order valence-corrected chi connectivity index (χ0v) is 14.7. The van der Waals surface area contributed by atoms with Crippen molar-refractivity contribution in [1.82, 2.24) is 24.3 Å². The molecule has 2 atom stereocenters. The summed E-state index contributed by atoms with van der Waals surface area (Å²) in [5, 5.41) is 8.40. The van der Waals surface area contributed by atoms with Crippen molar-refractivity contribution in [2.45, 2.75) is 37.4 Å². The summed E-state index contributed by atoms with van der Waals surface area (Å²) < 4.78 is 36.9. The summed E-state index contributed by atoms with van der Waals surface area (Å²) in [5.74, 6) is 0.0794. The van der Waals surface area contributed by atoms with Crippen LogP contribution in [-0.2, 0) is 28.4 Å². The lowest BCUT2D eigenvalue weighted by atomic mass is 9.91. The normalized spacial score (nSPS) is 21.9. The second-order valence-corrected chi connectivity index (χ2v) is 7.69. The van der Waals surface area contributed by atoms with Crippen LogP contribution in [0.5, 0.6) is 0 Å². The van der Waals surface area contributed by atoms with E-state index in [1.54, 1.807) is 10.9 Å². The Bertz CT molecular complexity index is 783. The van der Waals surface area contributed by atoms with Crippen molar-refractivity contribution in [2.75, 3.05) is 13.2 Å². The molecule has 1 aliphatic heterocycles. The van der Waals surface area contributed by atoms with Crippen molar-refractivity contribution in [3.63, 3.8) is 0 Å². The van der Waals surface area contributed by atoms with E-state index in [9.17, 15) is 8.42 Å². The average molecular weight is 353 g/mol. The molecule has 2 aromatic rings. The zero-order valence-electron chi connectivity index (χ0n) is 13.9. The second kappa shape index (κ2) is 7.04. The van der Waals surface area contributed by atoms with Crippen molar-refractivity contribution in [3.05, 3.63) is 30.2 Å². The van der Waals surface area contributed by atoms with Crippen LogP contribution in [0.3, 0.4) is 0 Å². The lowest BCUT2D eigenvalue weighted by Gasteiger charge is -2.31. The molecule has 0 amide bonds. The topological polar surface area (TPSA) is 91.0 Å². The number of ether oxygens (including phenoxy) is 1. The fourth-order valence-electron chi connectivity index (χ4n) is 3.08. The summed E-state index contributed by atoms with van der Waals surface area (Å²) in [6.45, 7) is 3.38. The van der Waals surface area contributed by atoms with Crippen LogP contribution in [0, 0.1) is 5.92 Å². The quantitative estimate of drug-likeness (QED) is 0.839. The van der Waals surface area contributed by atoms with Gasteiger partial charge in [0, 0.05) is 44.4 Å². The molecule has 0 aromatic carbocycles. The number of aromatic nitrogens is 4. The first-order valence-electron chi connectivity index (χ1n) is 8.13. The molecule has 1 fully saturated rings. The minimum atomic E-state index is -3.59. The second-order valence-electron chi connectivity index (χ2n) is 5.98. The highest BCUT2D eigenvalue weighted by molar-refractivity contribution is 7.89. The zero-order chi connectivity index (χ0) is 17.2. The van der Waals surface area contributed by atoms with Gasteiger partial charge in [-0.3, -0.25) is 9.36 Å². The van der Waals surface area contributed by atoms with E-state index in [4.69, 9.17) is 4.74 Å². The molecule has 0 aliphatic carbocycles. The van der Waals surface area contributed by atoms with E-state index in [2.05, 4.69) is 14.9 Å². The highest BCUT2D eigenvalue weighted by Crippen LogP contribution is 2.33. The molecule has 8 nitrogen and oxygen atoms in total. The molecule has 0 spiro atoms. The number of sulfonamides is 1. The van der Waals surface area contributed by atoms with Gasteiger partial charge >= 0.3 is 0 Å². The molecule has 2 aromatic heterocycles. The maximum Gasteiger partial charge on any atom is 0.257 e. The molecular weight excluding hydrogens is 330 g/mol. The Morgan fingerprint density at radius 3 is 2.96 bits per heavy atom. The fraction of sp³-hybridized carbons (Fsp3) is 0.600. The number of hydrogen-bond acceptors (Lipinski definition) is 5. The highest BCUT2D eigenvalue weighted by atomic mass is 32.2. The van der Waals surface area contributed by atoms with Gasteiger partial charge in [-0.25, -0.2) is 13.1 Å². The van der Waals surface area contributed by atoms with Gasteiger partial charge in [-0.2, -0.15) is 10.2 Å². The maximum atomic E-state index is 12.5. The van der Waals surface area contributed by atoms with E-state index < -0.39 is 10.0 Å². The van der Waals surface area contributed by atoms with Crippen LogP contribution in [0.4, 0.5) is 0 Å². The third-order valence-corrected chi connectivity index (χ3v) is 5.73. The SMILES string of the molecule is CCn1nccc1S(=O)(=O)NC[C@@H]1CCCO[C@H]1c1cnn(C)c1. The van der Waals surface area contributed by atoms with Gasteiger partial charge in [0.25, 0.3) is 10.0 Å². The summed E-state index contributed by atoms with van der Waals surface area (Å²) in [4.78, 5) is 0. The number of nitrogens with one attached hydrogen (secondary N) is 1. The van der Waals surface area contributed by atoms with Crippen LogP contribution in [0.1, 0.15) is 31.4 Å². The molecule has 3 rings (SSSR count). The number of hydrogen-bond donors (Lipinski definition) is 1. The monoisotopic (exact) mass is 353 g/mol. The Labute approximate surface area is 141 Å². The fourth-order valence-corrected chi connectivity index (χ4v) is 4.36. The Morgan fingerprint density at radius 2 is 2.25 bits per heavy atom. The standard InChI is InChI=1S/C15H23N5O3S/c1-3-20-14(6-7-16-20)24(21,22)18-10-12-5-4-8-23-15(12)13-9-17-19(2)11-13/h6-7,9,11-12,15,18H,3-5,8,10H2,1-2H3/t12-,15+/m0/s1. The summed E-state index contributed by atoms with van der Waals surface area (Å²) in [6.07, 6.45) is 6.91. The van der Waals surface area contributed by atoms with Gasteiger partial charge in [-0.1, -0.05) is 0 Å². The van der Waals surface area contributed by atoms with Crippen molar-refractivity contribution in [1.29, 1.82) is 0 Å². The van der Waals surface area contributed by atoms with Crippen LogP contribution in [0.15, 0.2) is 29.7 Å². The molecule has 0 bridgehead atoms. The van der Waals surface area contributed by atoms with Crippen LogP contribution in [-0.4, -0.2) is 41.1 Å². The molecule has 132 valence electrons. The lowest BCUT2D eigenvalue weighted by molar-refractivity contribution is -0.0262. The molecule has 9 heteroatoms. The van der Waals surface area contributed by atoms with Crippen LogP contribution in [0.25, 0.3) is 0 Å². The van der Waals surface area contributed by atoms with Crippen LogP contribution >= 0.6 is 0 Å². The molecular formula is C15H23N5O3S. The Balaban J connectivity index is 1.72. The predicted molar refractivity (Wildman–Crippen MR) is 87.7 cm³/mol. The molecule has 1 N–H and O–H groups in total. The van der Waals surface area contributed by atoms with Gasteiger partial charge < -0.3 is 4.74 Å². The van der Waals surface area contributed by atoms with Crippen LogP contribution in [0.2, 0.25) is 0 Å². The lowest BCUT2D eigenvalue weighted by Crippen LogP contribution is -2.35. The third kappa shape index (κ3) is 3.52. The van der Waals surface area contributed by atoms with Crippen molar-refractivity contribution >= 4 is 10.0 Å². The summed E-state index contributed by atoms with van der Waals surface area (Å²) in [5.41, 5.74) is 0.986.